The summed E-state index contributed by atoms with van der Waals surface area (Å²) in [5, 5.41) is 15.5. The van der Waals surface area contributed by atoms with Gasteiger partial charge in [-0.1, -0.05) is 71.4 Å². The van der Waals surface area contributed by atoms with Crippen LogP contribution in [-0.4, -0.2) is 65.2 Å². The molecule has 3 N–H and O–H groups in total. The summed E-state index contributed by atoms with van der Waals surface area (Å²) in [6.45, 7) is 13.5. The van der Waals surface area contributed by atoms with Gasteiger partial charge in [0.15, 0.2) is 0 Å². The zero-order chi connectivity index (χ0) is 31.7. The largest absolute Gasteiger partial charge is 0.508 e. The van der Waals surface area contributed by atoms with Crippen LogP contribution < -0.4 is 10.6 Å². The molecule has 1 aromatic rings. The molecule has 42 heavy (non-hydrogen) atoms. The normalized spacial score (nSPS) is 13.4. The molecule has 10 heteroatoms. The van der Waals surface area contributed by atoms with Crippen LogP contribution in [0.4, 0.5) is 4.79 Å². The zero-order valence-electron chi connectivity index (χ0n) is 26.7. The highest BCUT2D eigenvalue weighted by Gasteiger charge is 2.38. The highest BCUT2D eigenvalue weighted by molar-refractivity contribution is 5.92. The number of ether oxygens (including phenoxy) is 2. The van der Waals surface area contributed by atoms with Crippen molar-refractivity contribution in [2.24, 2.45) is 5.92 Å². The number of aromatic hydroxyl groups is 1. The number of hydrogen-bond donors (Lipinski definition) is 3. The Balaban J connectivity index is 3.43. The van der Waals surface area contributed by atoms with Crippen LogP contribution in [0.2, 0.25) is 0 Å². The van der Waals surface area contributed by atoms with Crippen LogP contribution in [0.1, 0.15) is 111 Å². The van der Waals surface area contributed by atoms with Crippen molar-refractivity contribution >= 4 is 23.9 Å². The van der Waals surface area contributed by atoms with Crippen LogP contribution in [0.5, 0.6) is 5.75 Å². The number of esters is 1. The van der Waals surface area contributed by atoms with E-state index in [0.717, 1.165) is 32.1 Å². The lowest BCUT2D eigenvalue weighted by molar-refractivity contribution is -0.145. The molecule has 0 spiro atoms. The molecule has 10 nitrogen and oxygen atoms in total. The third-order valence-electron chi connectivity index (χ3n) is 6.89. The van der Waals surface area contributed by atoms with E-state index in [0.29, 0.717) is 18.4 Å². The Bertz CT molecular complexity index is 975. The molecule has 3 unspecified atom stereocenters. The molecule has 0 bridgehead atoms. The molecule has 0 aromatic heterocycles. The summed E-state index contributed by atoms with van der Waals surface area (Å²) in [4.78, 5) is 54.2. The number of alkyl carbamates (subject to hydrolysis) is 1. The molecule has 0 fully saturated rings. The second kappa shape index (κ2) is 19.0. The number of unbranched alkanes of at least 4 members (excludes halogenated alkanes) is 5. The van der Waals surface area contributed by atoms with E-state index in [2.05, 4.69) is 17.6 Å². The third kappa shape index (κ3) is 13.6. The third-order valence-corrected chi connectivity index (χ3v) is 6.89. The maximum atomic E-state index is 14.3. The fourth-order valence-corrected chi connectivity index (χ4v) is 4.47. The number of phenols is 1. The van der Waals surface area contributed by atoms with E-state index >= 15 is 0 Å². The topological polar surface area (TPSA) is 134 Å². The molecule has 0 aliphatic rings. The number of amides is 3. The van der Waals surface area contributed by atoms with Gasteiger partial charge in [0.2, 0.25) is 11.8 Å². The van der Waals surface area contributed by atoms with Gasteiger partial charge in [0.05, 0.1) is 13.0 Å². The minimum Gasteiger partial charge on any atom is -0.508 e. The molecular formula is C32H53N3O7. The second-order valence-electron chi connectivity index (χ2n) is 11.6. The quantitative estimate of drug-likeness (QED) is 0.149. The highest BCUT2D eigenvalue weighted by Crippen LogP contribution is 2.27. The molecular weight excluding hydrogens is 538 g/mol. The highest BCUT2D eigenvalue weighted by atomic mass is 16.6. The fourth-order valence-electron chi connectivity index (χ4n) is 4.47. The van der Waals surface area contributed by atoms with Gasteiger partial charge < -0.3 is 30.1 Å². The molecule has 0 aliphatic carbocycles. The van der Waals surface area contributed by atoms with Gasteiger partial charge in [0, 0.05) is 13.1 Å². The Morgan fingerprint density at radius 3 is 2.14 bits per heavy atom. The Kier molecular flexibility index (Phi) is 16.6. The minimum absolute atomic E-state index is 0.0110. The van der Waals surface area contributed by atoms with E-state index in [9.17, 15) is 24.3 Å². The van der Waals surface area contributed by atoms with Crippen LogP contribution in [0.25, 0.3) is 0 Å². The van der Waals surface area contributed by atoms with E-state index in [-0.39, 0.29) is 37.8 Å². The number of benzene rings is 1. The summed E-state index contributed by atoms with van der Waals surface area (Å²) in [7, 11) is 0. The summed E-state index contributed by atoms with van der Waals surface area (Å²) >= 11 is 0. The Labute approximate surface area is 251 Å². The Morgan fingerprint density at radius 1 is 0.952 bits per heavy atom. The lowest BCUT2D eigenvalue weighted by atomic mass is 9.95. The molecule has 0 saturated heterocycles. The number of carbonyl (C=O) groups is 4. The first-order chi connectivity index (χ1) is 19.8. The Hall–Kier alpha value is -3.30. The molecule has 1 aromatic carbocycles. The first-order valence-corrected chi connectivity index (χ1v) is 15.4. The maximum Gasteiger partial charge on any atom is 0.408 e. The van der Waals surface area contributed by atoms with Gasteiger partial charge in [0.25, 0.3) is 0 Å². The first kappa shape index (κ1) is 36.7. The van der Waals surface area contributed by atoms with Gasteiger partial charge in [-0.3, -0.25) is 14.4 Å². The van der Waals surface area contributed by atoms with Crippen LogP contribution in [0, 0.1) is 5.92 Å². The zero-order valence-corrected chi connectivity index (χ0v) is 26.7. The fraction of sp³-hybridized carbons (Fsp3) is 0.688. The van der Waals surface area contributed by atoms with Crippen LogP contribution in [-0.2, 0) is 23.9 Å². The van der Waals surface area contributed by atoms with E-state index in [1.807, 2.05) is 13.8 Å². The van der Waals surface area contributed by atoms with Crippen molar-refractivity contribution < 1.29 is 33.8 Å². The Morgan fingerprint density at radius 2 is 1.57 bits per heavy atom. The van der Waals surface area contributed by atoms with Gasteiger partial charge in [0.1, 0.15) is 23.4 Å². The number of hydrogen-bond acceptors (Lipinski definition) is 7. The van der Waals surface area contributed by atoms with Crippen molar-refractivity contribution in [3.63, 3.8) is 0 Å². The molecule has 0 aliphatic heterocycles. The summed E-state index contributed by atoms with van der Waals surface area (Å²) in [6.07, 6.45) is 5.79. The van der Waals surface area contributed by atoms with Crippen molar-refractivity contribution in [1.29, 1.82) is 0 Å². The predicted octanol–water partition coefficient (Wildman–Crippen LogP) is 5.63. The van der Waals surface area contributed by atoms with Crippen molar-refractivity contribution in [2.45, 2.75) is 118 Å². The number of nitrogens with zero attached hydrogens (tertiary/aromatic N) is 1. The lowest BCUT2D eigenvalue weighted by Gasteiger charge is -2.36. The SMILES string of the molecule is CCCCCCCCN(C(=O)C(NC(=O)OC(C)(C)C)C(C)CC)C(C(=O)NCCC(=O)OCC)c1ccc(O)cc1. The number of nitrogens with one attached hydrogen (secondary N) is 2. The molecule has 1 rings (SSSR count). The van der Waals surface area contributed by atoms with E-state index in [1.54, 1.807) is 39.8 Å². The van der Waals surface area contributed by atoms with Crippen LogP contribution >= 0.6 is 0 Å². The van der Waals surface area contributed by atoms with Crippen molar-refractivity contribution in [3.05, 3.63) is 29.8 Å². The average molecular weight is 592 g/mol. The molecule has 238 valence electrons. The van der Waals surface area contributed by atoms with E-state index in [1.165, 1.54) is 17.0 Å². The molecule has 3 amide bonds. The van der Waals surface area contributed by atoms with Gasteiger partial charge in [-0.2, -0.15) is 0 Å². The van der Waals surface area contributed by atoms with Crippen molar-refractivity contribution in [2.75, 3.05) is 19.7 Å². The summed E-state index contributed by atoms with van der Waals surface area (Å²) < 4.78 is 10.4. The summed E-state index contributed by atoms with van der Waals surface area (Å²) in [5.74, 6) is -1.52. The van der Waals surface area contributed by atoms with Crippen LogP contribution in [0.3, 0.4) is 0 Å². The minimum atomic E-state index is -1.05. The molecule has 0 heterocycles. The average Bonchev–Trinajstić information content (AvgIpc) is 2.92. The summed E-state index contributed by atoms with van der Waals surface area (Å²) in [5.41, 5.74) is -0.250. The monoisotopic (exact) mass is 591 g/mol. The number of phenolic OH excluding ortho intramolecular Hbond substituents is 1. The van der Waals surface area contributed by atoms with Crippen LogP contribution in [0.15, 0.2) is 24.3 Å². The second-order valence-corrected chi connectivity index (χ2v) is 11.6. The van der Waals surface area contributed by atoms with Gasteiger partial charge in [-0.05, 0) is 57.7 Å². The van der Waals surface area contributed by atoms with E-state index < -0.39 is 41.6 Å². The first-order valence-electron chi connectivity index (χ1n) is 15.4. The maximum absolute atomic E-state index is 14.3. The summed E-state index contributed by atoms with van der Waals surface area (Å²) in [6, 6.07) is 4.15. The van der Waals surface area contributed by atoms with E-state index in [4.69, 9.17) is 9.47 Å². The van der Waals surface area contributed by atoms with Crippen molar-refractivity contribution in [1.82, 2.24) is 15.5 Å². The number of carbonyl (C=O) groups excluding carboxylic acids is 4. The lowest BCUT2D eigenvalue weighted by Crippen LogP contribution is -2.55. The molecule has 0 saturated carbocycles. The van der Waals surface area contributed by atoms with Gasteiger partial charge in [-0.25, -0.2) is 4.79 Å². The predicted molar refractivity (Wildman–Crippen MR) is 163 cm³/mol. The van der Waals surface area contributed by atoms with Crippen molar-refractivity contribution in [3.8, 4) is 5.75 Å². The standard InChI is InChI=1S/C32H53N3O7/c1-8-11-12-13-14-15-22-35(30(39)27(23(4)9-2)34-31(40)42-32(5,6)7)28(24-16-18-25(36)19-17-24)29(38)33-21-20-26(37)41-10-3/h16-19,23,27-28,36H,8-15,20-22H2,1-7H3,(H,33,38)(H,34,40). The number of rotatable bonds is 18. The van der Waals surface area contributed by atoms with Gasteiger partial charge in [-0.15, -0.1) is 0 Å². The molecule has 0 radical (unpaired) electrons. The molecule has 3 atom stereocenters. The van der Waals surface area contributed by atoms with Gasteiger partial charge >= 0.3 is 12.1 Å². The smallest absolute Gasteiger partial charge is 0.408 e.